The third-order valence-electron chi connectivity index (χ3n) is 3.04. The summed E-state index contributed by atoms with van der Waals surface area (Å²) < 4.78 is 9.93. The summed E-state index contributed by atoms with van der Waals surface area (Å²) >= 11 is 0. The van der Waals surface area contributed by atoms with Crippen molar-refractivity contribution in [1.29, 1.82) is 0 Å². The van der Waals surface area contributed by atoms with Crippen molar-refractivity contribution in [2.45, 2.75) is 13.3 Å². The van der Waals surface area contributed by atoms with Gasteiger partial charge in [0, 0.05) is 25.9 Å². The molecule has 0 saturated carbocycles. The van der Waals surface area contributed by atoms with Gasteiger partial charge in [-0.1, -0.05) is 0 Å². The van der Waals surface area contributed by atoms with E-state index in [1.807, 2.05) is 0 Å². The van der Waals surface area contributed by atoms with E-state index in [1.54, 1.807) is 38.3 Å². The van der Waals surface area contributed by atoms with Gasteiger partial charge in [-0.2, -0.15) is 10.1 Å². The largest absolute Gasteiger partial charge is 0.462 e. The molecule has 8 nitrogen and oxygen atoms in total. The van der Waals surface area contributed by atoms with Crippen LogP contribution in [0.4, 0.5) is 17.5 Å². The van der Waals surface area contributed by atoms with Crippen LogP contribution in [-0.2, 0) is 9.47 Å². The van der Waals surface area contributed by atoms with Crippen molar-refractivity contribution in [3.8, 4) is 0 Å². The molecular weight excluding hydrogens is 310 g/mol. The van der Waals surface area contributed by atoms with Gasteiger partial charge in [-0.15, -0.1) is 5.10 Å². The summed E-state index contributed by atoms with van der Waals surface area (Å²) in [6.45, 7) is 3.50. The molecular formula is C16H21N5O3. The second-order valence-corrected chi connectivity index (χ2v) is 4.86. The van der Waals surface area contributed by atoms with Crippen LogP contribution < -0.4 is 10.6 Å². The Balaban J connectivity index is 1.94. The van der Waals surface area contributed by atoms with E-state index in [1.165, 1.54) is 6.20 Å². The minimum atomic E-state index is -0.338. The van der Waals surface area contributed by atoms with Gasteiger partial charge in [-0.3, -0.25) is 0 Å². The second kappa shape index (κ2) is 9.41. The van der Waals surface area contributed by atoms with E-state index in [0.717, 1.165) is 12.1 Å². The first-order valence-electron chi connectivity index (χ1n) is 7.69. The molecule has 0 radical (unpaired) electrons. The summed E-state index contributed by atoms with van der Waals surface area (Å²) in [6.07, 6.45) is 2.38. The van der Waals surface area contributed by atoms with Crippen molar-refractivity contribution < 1.29 is 14.3 Å². The smallest absolute Gasteiger partial charge is 0.338 e. The van der Waals surface area contributed by atoms with E-state index >= 15 is 0 Å². The Bertz CT molecular complexity index is 648. The Labute approximate surface area is 140 Å². The summed E-state index contributed by atoms with van der Waals surface area (Å²) in [5.41, 5.74) is 1.29. The monoisotopic (exact) mass is 331 g/mol. The maximum absolute atomic E-state index is 11.6. The number of ether oxygens (including phenoxy) is 2. The van der Waals surface area contributed by atoms with Crippen LogP contribution >= 0.6 is 0 Å². The molecule has 0 aliphatic heterocycles. The van der Waals surface area contributed by atoms with E-state index in [2.05, 4.69) is 25.8 Å². The first kappa shape index (κ1) is 17.6. The van der Waals surface area contributed by atoms with Gasteiger partial charge >= 0.3 is 5.97 Å². The Morgan fingerprint density at radius 2 is 2.04 bits per heavy atom. The number of esters is 1. The van der Waals surface area contributed by atoms with Crippen LogP contribution in [0, 0.1) is 0 Å². The van der Waals surface area contributed by atoms with Crippen LogP contribution in [0.2, 0.25) is 0 Å². The average Bonchev–Trinajstić information content (AvgIpc) is 2.60. The van der Waals surface area contributed by atoms with Gasteiger partial charge in [-0.25, -0.2) is 4.79 Å². The molecule has 0 atom stereocenters. The van der Waals surface area contributed by atoms with Crippen LogP contribution in [0.1, 0.15) is 23.7 Å². The number of hydrogen-bond donors (Lipinski definition) is 2. The Morgan fingerprint density at radius 3 is 2.75 bits per heavy atom. The molecule has 0 amide bonds. The van der Waals surface area contributed by atoms with Crippen LogP contribution in [0.5, 0.6) is 0 Å². The molecule has 24 heavy (non-hydrogen) atoms. The number of methoxy groups -OCH3 is 1. The maximum atomic E-state index is 11.6. The zero-order valence-electron chi connectivity index (χ0n) is 13.8. The fourth-order valence-corrected chi connectivity index (χ4v) is 1.91. The number of carbonyl (C=O) groups is 1. The number of benzene rings is 1. The molecule has 128 valence electrons. The Morgan fingerprint density at radius 1 is 1.25 bits per heavy atom. The fraction of sp³-hybridized carbons (Fsp3) is 0.375. The maximum Gasteiger partial charge on any atom is 0.338 e. The van der Waals surface area contributed by atoms with E-state index < -0.39 is 0 Å². The number of anilines is 3. The van der Waals surface area contributed by atoms with Crippen molar-refractivity contribution in [3.05, 3.63) is 36.0 Å². The summed E-state index contributed by atoms with van der Waals surface area (Å²) in [5, 5.41) is 14.0. The van der Waals surface area contributed by atoms with Crippen molar-refractivity contribution in [1.82, 2.24) is 15.2 Å². The van der Waals surface area contributed by atoms with Crippen molar-refractivity contribution in [2.24, 2.45) is 0 Å². The minimum Gasteiger partial charge on any atom is -0.462 e. The molecule has 0 saturated heterocycles. The van der Waals surface area contributed by atoms with Crippen molar-refractivity contribution in [3.63, 3.8) is 0 Å². The number of carbonyl (C=O) groups excluding carboxylic acids is 1. The lowest BCUT2D eigenvalue weighted by molar-refractivity contribution is 0.0526. The highest BCUT2D eigenvalue weighted by Crippen LogP contribution is 2.15. The molecule has 2 rings (SSSR count). The molecule has 1 aromatic heterocycles. The van der Waals surface area contributed by atoms with Gasteiger partial charge in [-0.05, 0) is 37.6 Å². The normalized spacial score (nSPS) is 10.2. The highest BCUT2D eigenvalue weighted by Gasteiger charge is 2.06. The molecule has 0 spiro atoms. The Kier molecular flexibility index (Phi) is 6.91. The van der Waals surface area contributed by atoms with Gasteiger partial charge in [0.2, 0.25) is 5.95 Å². The second-order valence-electron chi connectivity index (χ2n) is 4.86. The summed E-state index contributed by atoms with van der Waals surface area (Å²) in [4.78, 5) is 15.9. The molecule has 8 heteroatoms. The van der Waals surface area contributed by atoms with Gasteiger partial charge in [0.15, 0.2) is 5.82 Å². The molecule has 1 aromatic carbocycles. The molecule has 2 aromatic rings. The first-order valence-corrected chi connectivity index (χ1v) is 7.69. The molecule has 0 aliphatic rings. The predicted octanol–water partition coefficient (Wildman–Crippen LogP) is 2.24. The lowest BCUT2D eigenvalue weighted by atomic mass is 10.2. The van der Waals surface area contributed by atoms with E-state index in [4.69, 9.17) is 9.47 Å². The highest BCUT2D eigenvalue weighted by atomic mass is 16.5. The van der Waals surface area contributed by atoms with Gasteiger partial charge < -0.3 is 20.1 Å². The number of rotatable bonds is 9. The molecule has 0 bridgehead atoms. The summed E-state index contributed by atoms with van der Waals surface area (Å²) in [7, 11) is 1.66. The molecule has 1 heterocycles. The number of hydrogen-bond acceptors (Lipinski definition) is 8. The number of nitrogens with one attached hydrogen (secondary N) is 2. The minimum absolute atomic E-state index is 0.338. The zero-order valence-corrected chi connectivity index (χ0v) is 13.8. The van der Waals surface area contributed by atoms with Crippen LogP contribution in [0.15, 0.2) is 30.5 Å². The molecule has 0 fully saturated rings. The van der Waals surface area contributed by atoms with Crippen LogP contribution in [-0.4, -0.2) is 48.0 Å². The fourth-order valence-electron chi connectivity index (χ4n) is 1.91. The summed E-state index contributed by atoms with van der Waals surface area (Å²) in [5.74, 6) is 0.665. The number of aromatic nitrogens is 3. The predicted molar refractivity (Wildman–Crippen MR) is 90.5 cm³/mol. The average molecular weight is 331 g/mol. The third kappa shape index (κ3) is 5.47. The lowest BCUT2D eigenvalue weighted by Gasteiger charge is -2.08. The van der Waals surface area contributed by atoms with Gasteiger partial charge in [0.05, 0.1) is 18.4 Å². The number of nitrogens with zero attached hydrogens (tertiary/aromatic N) is 3. The summed E-state index contributed by atoms with van der Waals surface area (Å²) in [6, 6.07) is 6.94. The van der Waals surface area contributed by atoms with Gasteiger partial charge in [0.1, 0.15) is 0 Å². The topological polar surface area (TPSA) is 98.3 Å². The first-order chi connectivity index (χ1) is 11.7. The lowest BCUT2D eigenvalue weighted by Crippen LogP contribution is -2.09. The van der Waals surface area contributed by atoms with E-state index in [9.17, 15) is 4.79 Å². The highest BCUT2D eigenvalue weighted by molar-refractivity contribution is 5.89. The quantitative estimate of drug-likeness (QED) is 0.533. The zero-order chi connectivity index (χ0) is 17.2. The van der Waals surface area contributed by atoms with Crippen LogP contribution in [0.25, 0.3) is 0 Å². The molecule has 0 unspecified atom stereocenters. The Hall–Kier alpha value is -2.74. The van der Waals surface area contributed by atoms with Crippen LogP contribution in [0.3, 0.4) is 0 Å². The van der Waals surface area contributed by atoms with Crippen molar-refractivity contribution >= 4 is 23.4 Å². The SMILES string of the molecule is CCOC(=O)c1ccc(Nc2cnnc(NCCCOC)n2)cc1. The molecule has 2 N–H and O–H groups in total. The van der Waals surface area contributed by atoms with E-state index in [0.29, 0.717) is 37.1 Å². The van der Waals surface area contributed by atoms with Crippen molar-refractivity contribution in [2.75, 3.05) is 37.5 Å². The van der Waals surface area contributed by atoms with E-state index in [-0.39, 0.29) is 5.97 Å². The standard InChI is InChI=1S/C16H21N5O3/c1-3-24-15(22)12-5-7-13(8-6-12)19-14-11-18-21-16(20-14)17-9-4-10-23-2/h5-8,11H,3-4,9-10H2,1-2H3,(H2,17,19,20,21). The third-order valence-corrected chi connectivity index (χ3v) is 3.04. The molecule has 0 aliphatic carbocycles. The van der Waals surface area contributed by atoms with Gasteiger partial charge in [0.25, 0.3) is 0 Å².